The maximum atomic E-state index is 10.7. The van der Waals surface area contributed by atoms with Gasteiger partial charge in [0.2, 0.25) is 0 Å². The van der Waals surface area contributed by atoms with E-state index in [-0.39, 0.29) is 12.2 Å². The second kappa shape index (κ2) is 6.24. The summed E-state index contributed by atoms with van der Waals surface area (Å²) >= 11 is 0. The molecular formula is C17H26N2O2. The minimum Gasteiger partial charge on any atom is -0.487 e. The average molecular weight is 290 g/mol. The molecule has 2 atom stereocenters. The summed E-state index contributed by atoms with van der Waals surface area (Å²) in [5.41, 5.74) is 2.15. The first kappa shape index (κ1) is 14.7. The molecule has 3 rings (SSSR count). The molecule has 2 aliphatic rings. The highest BCUT2D eigenvalue weighted by atomic mass is 16.5. The standard InChI is InChI=1S/C17H26N2O2/c1-3-19-11-12(2)21-16-5-4-14(10-15(16)19)17(20)13-6-8-18-9-7-13/h4-5,10,12-13,17-18,20H,3,6-9,11H2,1-2H3. The number of ether oxygens (including phenoxy) is 1. The van der Waals surface area contributed by atoms with Gasteiger partial charge in [-0.25, -0.2) is 0 Å². The summed E-state index contributed by atoms with van der Waals surface area (Å²) in [6.45, 7) is 8.16. The quantitative estimate of drug-likeness (QED) is 0.897. The Hall–Kier alpha value is -1.26. The maximum Gasteiger partial charge on any atom is 0.143 e. The Morgan fingerprint density at radius 1 is 1.38 bits per heavy atom. The first-order valence-electron chi connectivity index (χ1n) is 8.13. The highest BCUT2D eigenvalue weighted by molar-refractivity contribution is 5.62. The normalized spacial score (nSPS) is 24.3. The molecule has 2 aliphatic heterocycles. The van der Waals surface area contributed by atoms with Crippen molar-refractivity contribution in [3.8, 4) is 5.75 Å². The Morgan fingerprint density at radius 3 is 2.86 bits per heavy atom. The lowest BCUT2D eigenvalue weighted by atomic mass is 9.88. The zero-order chi connectivity index (χ0) is 14.8. The Morgan fingerprint density at radius 2 is 2.14 bits per heavy atom. The monoisotopic (exact) mass is 290 g/mol. The Bertz CT molecular complexity index is 486. The van der Waals surface area contributed by atoms with Gasteiger partial charge in [-0.15, -0.1) is 0 Å². The van der Waals surface area contributed by atoms with Gasteiger partial charge in [0.25, 0.3) is 0 Å². The summed E-state index contributed by atoms with van der Waals surface area (Å²) in [5, 5.41) is 14.0. The molecule has 4 nitrogen and oxygen atoms in total. The molecule has 1 saturated heterocycles. The van der Waals surface area contributed by atoms with Crippen LogP contribution in [0.15, 0.2) is 18.2 Å². The topological polar surface area (TPSA) is 44.7 Å². The van der Waals surface area contributed by atoms with Crippen LogP contribution in [0.4, 0.5) is 5.69 Å². The number of nitrogens with zero attached hydrogens (tertiary/aromatic N) is 1. The van der Waals surface area contributed by atoms with Gasteiger partial charge in [0.1, 0.15) is 11.9 Å². The summed E-state index contributed by atoms with van der Waals surface area (Å²) in [7, 11) is 0. The number of aliphatic hydroxyl groups is 1. The van der Waals surface area contributed by atoms with E-state index in [0.717, 1.165) is 56.0 Å². The highest BCUT2D eigenvalue weighted by Crippen LogP contribution is 2.38. The van der Waals surface area contributed by atoms with Gasteiger partial charge in [-0.2, -0.15) is 0 Å². The number of rotatable bonds is 3. The lowest BCUT2D eigenvalue weighted by Gasteiger charge is -2.35. The van der Waals surface area contributed by atoms with Crippen molar-refractivity contribution in [2.75, 3.05) is 31.1 Å². The lowest BCUT2D eigenvalue weighted by molar-refractivity contribution is 0.0888. The summed E-state index contributed by atoms with van der Waals surface area (Å²) in [6.07, 6.45) is 1.94. The second-order valence-corrected chi connectivity index (χ2v) is 6.23. The molecule has 1 aromatic carbocycles. The number of piperidine rings is 1. The molecular weight excluding hydrogens is 264 g/mol. The predicted molar refractivity (Wildman–Crippen MR) is 85.0 cm³/mol. The van der Waals surface area contributed by atoms with Gasteiger partial charge < -0.3 is 20.1 Å². The molecule has 2 N–H and O–H groups in total. The molecule has 0 amide bonds. The lowest BCUT2D eigenvalue weighted by Crippen LogP contribution is -2.38. The van der Waals surface area contributed by atoms with Crippen molar-refractivity contribution in [3.05, 3.63) is 23.8 Å². The van der Waals surface area contributed by atoms with Crippen LogP contribution in [0.3, 0.4) is 0 Å². The van der Waals surface area contributed by atoms with Gasteiger partial charge in [0.15, 0.2) is 0 Å². The number of anilines is 1. The van der Waals surface area contributed by atoms with Crippen molar-refractivity contribution < 1.29 is 9.84 Å². The van der Waals surface area contributed by atoms with Crippen LogP contribution in [-0.4, -0.2) is 37.4 Å². The van der Waals surface area contributed by atoms with Crippen LogP contribution in [0.1, 0.15) is 38.4 Å². The maximum absolute atomic E-state index is 10.7. The number of aliphatic hydroxyl groups excluding tert-OH is 1. The van der Waals surface area contributed by atoms with Gasteiger partial charge >= 0.3 is 0 Å². The van der Waals surface area contributed by atoms with Crippen molar-refractivity contribution in [1.82, 2.24) is 5.32 Å². The minimum atomic E-state index is -0.365. The third-order valence-electron chi connectivity index (χ3n) is 4.68. The molecule has 2 unspecified atom stereocenters. The van der Waals surface area contributed by atoms with E-state index in [9.17, 15) is 5.11 Å². The van der Waals surface area contributed by atoms with Crippen molar-refractivity contribution >= 4 is 5.69 Å². The van der Waals surface area contributed by atoms with Gasteiger partial charge in [0, 0.05) is 6.54 Å². The molecule has 4 heteroatoms. The van der Waals surface area contributed by atoms with Crippen LogP contribution in [0.5, 0.6) is 5.75 Å². The summed E-state index contributed by atoms with van der Waals surface area (Å²) in [6, 6.07) is 6.17. The summed E-state index contributed by atoms with van der Waals surface area (Å²) < 4.78 is 5.91. The van der Waals surface area contributed by atoms with E-state index in [0.29, 0.717) is 5.92 Å². The van der Waals surface area contributed by atoms with Crippen LogP contribution >= 0.6 is 0 Å². The molecule has 21 heavy (non-hydrogen) atoms. The number of nitrogens with one attached hydrogen (secondary N) is 1. The molecule has 116 valence electrons. The van der Waals surface area contributed by atoms with Crippen molar-refractivity contribution in [2.24, 2.45) is 5.92 Å². The molecule has 1 fully saturated rings. The zero-order valence-electron chi connectivity index (χ0n) is 13.0. The molecule has 0 aliphatic carbocycles. The van der Waals surface area contributed by atoms with E-state index in [1.54, 1.807) is 0 Å². The van der Waals surface area contributed by atoms with Gasteiger partial charge in [0.05, 0.1) is 18.3 Å². The van der Waals surface area contributed by atoms with Crippen LogP contribution in [-0.2, 0) is 0 Å². The number of fused-ring (bicyclic) bond motifs is 1. The fraction of sp³-hybridized carbons (Fsp3) is 0.647. The fourth-order valence-electron chi connectivity index (χ4n) is 3.46. The third-order valence-corrected chi connectivity index (χ3v) is 4.68. The van der Waals surface area contributed by atoms with E-state index in [2.05, 4.69) is 30.1 Å². The molecule has 1 aromatic rings. The number of hydrogen-bond donors (Lipinski definition) is 2. The van der Waals surface area contributed by atoms with Crippen LogP contribution in [0.25, 0.3) is 0 Å². The molecule has 0 spiro atoms. The molecule has 2 heterocycles. The van der Waals surface area contributed by atoms with Crippen molar-refractivity contribution in [2.45, 2.75) is 38.9 Å². The third kappa shape index (κ3) is 3.01. The smallest absolute Gasteiger partial charge is 0.143 e. The molecule has 0 saturated carbocycles. The number of benzene rings is 1. The Balaban J connectivity index is 1.84. The van der Waals surface area contributed by atoms with Crippen LogP contribution < -0.4 is 15.0 Å². The molecule has 0 bridgehead atoms. The zero-order valence-corrected chi connectivity index (χ0v) is 13.0. The second-order valence-electron chi connectivity index (χ2n) is 6.23. The largest absolute Gasteiger partial charge is 0.487 e. The highest BCUT2D eigenvalue weighted by Gasteiger charge is 2.26. The van der Waals surface area contributed by atoms with Crippen molar-refractivity contribution in [3.63, 3.8) is 0 Å². The first-order chi connectivity index (χ1) is 10.2. The van der Waals surface area contributed by atoms with Crippen molar-refractivity contribution in [1.29, 1.82) is 0 Å². The predicted octanol–water partition coefficient (Wildman–Crippen LogP) is 2.33. The molecule has 0 aromatic heterocycles. The number of likely N-dealkylation sites (N-methyl/N-ethyl adjacent to an activating group) is 1. The van der Waals surface area contributed by atoms with Crippen LogP contribution in [0, 0.1) is 5.92 Å². The summed E-state index contributed by atoms with van der Waals surface area (Å²) in [5.74, 6) is 1.31. The van der Waals surface area contributed by atoms with Gasteiger partial charge in [-0.1, -0.05) is 6.07 Å². The van der Waals surface area contributed by atoms with Gasteiger partial charge in [-0.3, -0.25) is 0 Å². The van der Waals surface area contributed by atoms with E-state index in [1.165, 1.54) is 0 Å². The van der Waals surface area contributed by atoms with Gasteiger partial charge in [-0.05, 0) is 63.4 Å². The fourth-order valence-corrected chi connectivity index (χ4v) is 3.46. The first-order valence-corrected chi connectivity index (χ1v) is 8.13. The molecule has 0 radical (unpaired) electrons. The number of hydrogen-bond acceptors (Lipinski definition) is 4. The minimum absolute atomic E-state index is 0.220. The van der Waals surface area contributed by atoms with E-state index < -0.39 is 0 Å². The van der Waals surface area contributed by atoms with E-state index in [1.807, 2.05) is 12.1 Å². The Kier molecular flexibility index (Phi) is 4.36. The summed E-state index contributed by atoms with van der Waals surface area (Å²) in [4.78, 5) is 2.34. The van der Waals surface area contributed by atoms with E-state index in [4.69, 9.17) is 4.74 Å². The average Bonchev–Trinajstić information content (AvgIpc) is 2.53. The SMILES string of the molecule is CCN1CC(C)Oc2ccc(C(O)C3CCNCC3)cc21. The van der Waals surface area contributed by atoms with Crippen LogP contribution in [0.2, 0.25) is 0 Å². The Labute approximate surface area is 127 Å². The van der Waals surface area contributed by atoms with E-state index >= 15 is 0 Å².